The van der Waals surface area contributed by atoms with Gasteiger partial charge in [-0.25, -0.2) is 4.98 Å². The van der Waals surface area contributed by atoms with Crippen molar-refractivity contribution in [1.29, 1.82) is 0 Å². The predicted molar refractivity (Wildman–Crippen MR) is 132 cm³/mol. The fraction of sp³-hybridized carbons (Fsp3) is 0.200. The molecular weight excluding hydrogens is 454 g/mol. The van der Waals surface area contributed by atoms with Crippen LogP contribution in [0.3, 0.4) is 0 Å². The van der Waals surface area contributed by atoms with E-state index >= 15 is 0 Å². The third-order valence-electron chi connectivity index (χ3n) is 5.43. The van der Waals surface area contributed by atoms with E-state index in [4.69, 9.17) is 21.3 Å². The lowest BCUT2D eigenvalue weighted by molar-refractivity contribution is -0.119. The molecule has 2 aromatic heterocycles. The van der Waals surface area contributed by atoms with E-state index in [2.05, 4.69) is 15.6 Å². The lowest BCUT2D eigenvalue weighted by Crippen LogP contribution is -2.27. The van der Waals surface area contributed by atoms with Gasteiger partial charge in [-0.1, -0.05) is 23.7 Å². The van der Waals surface area contributed by atoms with Gasteiger partial charge in [0.1, 0.15) is 12.4 Å². The zero-order valence-corrected chi connectivity index (χ0v) is 19.8. The number of halogens is 1. The van der Waals surface area contributed by atoms with Gasteiger partial charge in [-0.3, -0.25) is 14.6 Å². The van der Waals surface area contributed by atoms with E-state index < -0.39 is 0 Å². The second-order valence-corrected chi connectivity index (χ2v) is 8.29. The summed E-state index contributed by atoms with van der Waals surface area (Å²) in [7, 11) is 3.30. The quantitative estimate of drug-likeness (QED) is 0.412. The normalized spacial score (nSPS) is 11.9. The molecule has 4 rings (SSSR count). The molecule has 0 fully saturated rings. The summed E-state index contributed by atoms with van der Waals surface area (Å²) in [6.07, 6.45) is 3.37. The molecule has 0 aliphatic rings. The van der Waals surface area contributed by atoms with Crippen LogP contribution in [0, 0.1) is 0 Å². The molecule has 8 nitrogen and oxygen atoms in total. The Hall–Kier alpha value is -3.75. The molecule has 2 N–H and O–H groups in total. The molecule has 2 aromatic carbocycles. The first-order valence-electron chi connectivity index (χ1n) is 10.6. The number of aryl methyl sites for hydroxylation is 1. The molecule has 0 saturated heterocycles. The van der Waals surface area contributed by atoms with Crippen molar-refractivity contribution in [3.05, 3.63) is 77.1 Å². The van der Waals surface area contributed by atoms with Gasteiger partial charge in [0.2, 0.25) is 5.91 Å². The second-order valence-electron chi connectivity index (χ2n) is 7.85. The first-order chi connectivity index (χ1) is 16.4. The molecule has 0 bridgehead atoms. The van der Waals surface area contributed by atoms with Crippen molar-refractivity contribution in [2.75, 3.05) is 19.0 Å². The van der Waals surface area contributed by atoms with Gasteiger partial charge in [0.15, 0.2) is 0 Å². The van der Waals surface area contributed by atoms with Crippen molar-refractivity contribution in [2.24, 2.45) is 7.05 Å². The van der Waals surface area contributed by atoms with Crippen molar-refractivity contribution >= 4 is 40.1 Å². The van der Waals surface area contributed by atoms with Crippen LogP contribution in [0.1, 0.15) is 28.9 Å². The average Bonchev–Trinajstić information content (AvgIpc) is 3.15. The zero-order chi connectivity index (χ0) is 24.2. The highest BCUT2D eigenvalue weighted by atomic mass is 35.5. The number of ether oxygens (including phenoxy) is 1. The topological polar surface area (TPSA) is 98.1 Å². The van der Waals surface area contributed by atoms with Crippen LogP contribution in [0.25, 0.3) is 22.4 Å². The van der Waals surface area contributed by atoms with Crippen molar-refractivity contribution in [2.45, 2.75) is 13.0 Å². The van der Waals surface area contributed by atoms with Gasteiger partial charge >= 0.3 is 0 Å². The van der Waals surface area contributed by atoms with Crippen molar-refractivity contribution in [3.63, 3.8) is 0 Å². The number of nitrogens with one attached hydrogen (secondary N) is 2. The summed E-state index contributed by atoms with van der Waals surface area (Å²) in [6.45, 7) is 1.80. The number of carbonyl (C=O) groups excluding carboxylic acids is 2. The molecule has 0 aliphatic carbocycles. The molecule has 2 amide bonds. The summed E-state index contributed by atoms with van der Waals surface area (Å²) >= 11 is 5.99. The van der Waals surface area contributed by atoms with Crippen LogP contribution in [0.5, 0.6) is 0 Å². The standard InChI is InChI=1S/C25H24ClN5O3/c1-15(16-4-6-18(26)7-5-16)28-25(33)20-12-19(29-22(32)14-34-3)13-21-23(20)31(2)24(30-21)17-8-10-27-11-9-17/h4-13,15H,14H2,1-3H3,(H,28,33)(H,29,32)/t15-/m1/s1. The monoisotopic (exact) mass is 477 g/mol. The maximum atomic E-state index is 13.4. The Morgan fingerprint density at radius 1 is 1.12 bits per heavy atom. The number of benzene rings is 2. The Balaban J connectivity index is 1.77. The molecule has 34 heavy (non-hydrogen) atoms. The summed E-state index contributed by atoms with van der Waals surface area (Å²) < 4.78 is 6.77. The van der Waals surface area contributed by atoms with Crippen LogP contribution in [-0.2, 0) is 16.6 Å². The van der Waals surface area contributed by atoms with Crippen LogP contribution in [0.15, 0.2) is 60.9 Å². The number of imidazole rings is 1. The van der Waals surface area contributed by atoms with Gasteiger partial charge in [0, 0.05) is 42.8 Å². The van der Waals surface area contributed by atoms with Crippen LogP contribution >= 0.6 is 11.6 Å². The molecule has 1 atom stereocenters. The number of aromatic nitrogens is 3. The number of hydrogen-bond donors (Lipinski definition) is 2. The average molecular weight is 478 g/mol. The molecule has 9 heteroatoms. The molecule has 4 aromatic rings. The number of methoxy groups -OCH3 is 1. The van der Waals surface area contributed by atoms with Crippen molar-refractivity contribution < 1.29 is 14.3 Å². The molecule has 0 spiro atoms. The van der Waals surface area contributed by atoms with Gasteiger partial charge in [-0.2, -0.15) is 0 Å². The Bertz CT molecular complexity index is 1340. The second kappa shape index (κ2) is 10.0. The zero-order valence-electron chi connectivity index (χ0n) is 19.0. The van der Waals surface area contributed by atoms with Crippen molar-refractivity contribution in [1.82, 2.24) is 19.9 Å². The summed E-state index contributed by atoms with van der Waals surface area (Å²) in [6, 6.07) is 14.1. The van der Waals surface area contributed by atoms with Crippen molar-refractivity contribution in [3.8, 4) is 11.4 Å². The number of pyridine rings is 1. The first-order valence-corrected chi connectivity index (χ1v) is 11.0. The highest BCUT2D eigenvalue weighted by Gasteiger charge is 2.21. The van der Waals surface area contributed by atoms with E-state index in [1.54, 1.807) is 36.7 Å². The Morgan fingerprint density at radius 2 is 1.82 bits per heavy atom. The lowest BCUT2D eigenvalue weighted by atomic mass is 10.1. The summed E-state index contributed by atoms with van der Waals surface area (Å²) in [4.78, 5) is 34.4. The molecule has 2 heterocycles. The fourth-order valence-electron chi connectivity index (χ4n) is 3.79. The third kappa shape index (κ3) is 4.93. The molecule has 0 unspecified atom stereocenters. The van der Waals surface area contributed by atoms with Gasteiger partial charge < -0.3 is 19.9 Å². The Kier molecular flexibility index (Phi) is 6.90. The van der Waals surface area contributed by atoms with Crippen LogP contribution < -0.4 is 10.6 Å². The number of carbonyl (C=O) groups is 2. The fourth-order valence-corrected chi connectivity index (χ4v) is 3.92. The minimum absolute atomic E-state index is 0.0996. The number of rotatable bonds is 7. The van der Waals surface area contributed by atoms with Gasteiger partial charge in [0.25, 0.3) is 5.91 Å². The lowest BCUT2D eigenvalue weighted by Gasteiger charge is -2.16. The summed E-state index contributed by atoms with van der Waals surface area (Å²) in [5.41, 5.74) is 3.85. The number of nitrogens with zero attached hydrogens (tertiary/aromatic N) is 3. The minimum atomic E-state index is -0.326. The van der Waals surface area contributed by atoms with Crippen LogP contribution in [-0.4, -0.2) is 40.1 Å². The molecule has 0 aliphatic heterocycles. The third-order valence-corrected chi connectivity index (χ3v) is 5.68. The number of anilines is 1. The maximum absolute atomic E-state index is 13.4. The summed E-state index contributed by atoms with van der Waals surface area (Å²) in [5, 5.41) is 6.43. The molecule has 174 valence electrons. The molecule has 0 saturated carbocycles. The largest absolute Gasteiger partial charge is 0.375 e. The Labute approximate surface area is 201 Å². The summed E-state index contributed by atoms with van der Waals surface area (Å²) in [5.74, 6) is 0.0603. The first kappa shape index (κ1) is 23.4. The number of amides is 2. The SMILES string of the molecule is COCC(=O)Nc1cc(C(=O)N[C@H](C)c2ccc(Cl)cc2)c2c(c1)nc(-c1ccncc1)n2C. The van der Waals surface area contributed by atoms with Crippen LogP contribution in [0.4, 0.5) is 5.69 Å². The minimum Gasteiger partial charge on any atom is -0.375 e. The van der Waals surface area contributed by atoms with Crippen LogP contribution in [0.2, 0.25) is 5.02 Å². The molecular formula is C25H24ClN5O3. The number of hydrogen-bond acceptors (Lipinski definition) is 5. The predicted octanol–water partition coefficient (Wildman–Crippen LogP) is 4.36. The van der Waals surface area contributed by atoms with E-state index in [1.165, 1.54) is 7.11 Å². The van der Waals surface area contributed by atoms with E-state index in [0.717, 1.165) is 11.1 Å². The van der Waals surface area contributed by atoms with E-state index in [1.807, 2.05) is 42.8 Å². The smallest absolute Gasteiger partial charge is 0.254 e. The van der Waals surface area contributed by atoms with Gasteiger partial charge in [-0.15, -0.1) is 0 Å². The van der Waals surface area contributed by atoms with E-state index in [0.29, 0.717) is 33.1 Å². The highest BCUT2D eigenvalue weighted by molar-refractivity contribution is 6.30. The number of fused-ring (bicyclic) bond motifs is 1. The maximum Gasteiger partial charge on any atom is 0.254 e. The Morgan fingerprint density at radius 3 is 2.50 bits per heavy atom. The molecule has 0 radical (unpaired) electrons. The van der Waals surface area contributed by atoms with Gasteiger partial charge in [0.05, 0.1) is 22.6 Å². The van der Waals surface area contributed by atoms with Gasteiger partial charge in [-0.05, 0) is 48.9 Å². The highest BCUT2D eigenvalue weighted by Crippen LogP contribution is 2.29. The van der Waals surface area contributed by atoms with E-state index in [-0.39, 0.29) is 24.5 Å². The van der Waals surface area contributed by atoms with E-state index in [9.17, 15) is 9.59 Å².